The second-order valence-corrected chi connectivity index (χ2v) is 9.33. The van der Waals surface area contributed by atoms with Crippen LogP contribution in [0.15, 0.2) is 66.7 Å². The number of rotatable bonds is 6. The van der Waals surface area contributed by atoms with E-state index in [0.717, 1.165) is 35.2 Å². The Morgan fingerprint density at radius 2 is 1.87 bits per heavy atom. The molecule has 1 amide bonds. The molecule has 0 spiro atoms. The molecule has 0 radical (unpaired) electrons. The fourth-order valence-electron chi connectivity index (χ4n) is 4.62. The number of aromatic hydroxyl groups is 1. The lowest BCUT2D eigenvalue weighted by molar-refractivity contribution is -0.119. The van der Waals surface area contributed by atoms with Gasteiger partial charge in [0.05, 0.1) is 28.9 Å². The summed E-state index contributed by atoms with van der Waals surface area (Å²) in [6.07, 6.45) is 4.35. The van der Waals surface area contributed by atoms with Gasteiger partial charge in [-0.25, -0.2) is 9.78 Å². The van der Waals surface area contributed by atoms with Gasteiger partial charge in [-0.2, -0.15) is 0 Å². The van der Waals surface area contributed by atoms with Gasteiger partial charge in [-0.05, 0) is 78.4 Å². The van der Waals surface area contributed by atoms with Crippen molar-refractivity contribution in [1.82, 2.24) is 4.98 Å². The van der Waals surface area contributed by atoms with Crippen LogP contribution in [0.2, 0.25) is 5.02 Å². The summed E-state index contributed by atoms with van der Waals surface area (Å²) >= 11 is 6.13. The number of methoxy groups -OCH3 is 1. The molecule has 0 saturated carbocycles. The number of amides is 1. The third kappa shape index (κ3) is 5.33. The molecule has 2 N–H and O–H groups in total. The van der Waals surface area contributed by atoms with Gasteiger partial charge in [0.2, 0.25) is 0 Å². The Morgan fingerprint density at radius 3 is 2.63 bits per heavy atom. The summed E-state index contributed by atoms with van der Waals surface area (Å²) in [6, 6.07) is 19.2. The number of halogens is 1. The minimum absolute atomic E-state index is 0.199. The van der Waals surface area contributed by atoms with E-state index >= 15 is 0 Å². The highest BCUT2D eigenvalue weighted by molar-refractivity contribution is 6.32. The maximum Gasteiger partial charge on any atom is 0.339 e. The molecule has 1 heterocycles. The highest BCUT2D eigenvalue weighted by atomic mass is 35.5. The number of carbonyl (C=O) groups excluding carboxylic acids is 2. The second kappa shape index (κ2) is 10.9. The van der Waals surface area contributed by atoms with Crippen LogP contribution < -0.4 is 10.1 Å². The zero-order valence-electron chi connectivity index (χ0n) is 20.7. The number of nitrogens with zero attached hydrogens (tertiary/aromatic N) is 1. The monoisotopic (exact) mass is 528 g/mol. The Morgan fingerprint density at radius 1 is 1.08 bits per heavy atom. The number of para-hydroxylation sites is 1. The molecule has 0 saturated heterocycles. The van der Waals surface area contributed by atoms with Crippen LogP contribution in [0, 0.1) is 0 Å². The summed E-state index contributed by atoms with van der Waals surface area (Å²) in [5.74, 6) is -0.373. The Hall–Kier alpha value is -4.36. The molecule has 38 heavy (non-hydrogen) atoms. The predicted molar refractivity (Wildman–Crippen MR) is 148 cm³/mol. The average Bonchev–Trinajstić information content (AvgIpc) is 2.92. The summed E-state index contributed by atoms with van der Waals surface area (Å²) in [5, 5.41) is 13.3. The van der Waals surface area contributed by atoms with Crippen LogP contribution in [0.1, 0.15) is 40.0 Å². The number of hydrogen-bond acceptors (Lipinski definition) is 6. The molecule has 0 bridgehead atoms. The fraction of sp³-hybridized carbons (Fsp3) is 0.167. The normalized spacial score (nSPS) is 13.7. The van der Waals surface area contributed by atoms with Crippen LogP contribution >= 0.6 is 11.6 Å². The Kier molecular flexibility index (Phi) is 7.29. The largest absolute Gasteiger partial charge is 0.508 e. The van der Waals surface area contributed by atoms with Crippen molar-refractivity contribution < 1.29 is 24.2 Å². The van der Waals surface area contributed by atoms with Crippen molar-refractivity contribution in [3.05, 3.63) is 94.1 Å². The highest BCUT2D eigenvalue weighted by Gasteiger charge is 2.26. The number of aromatic nitrogens is 1. The molecule has 7 nitrogen and oxygen atoms in total. The van der Waals surface area contributed by atoms with Gasteiger partial charge in [0.1, 0.15) is 11.5 Å². The van der Waals surface area contributed by atoms with Crippen molar-refractivity contribution in [2.75, 3.05) is 19.0 Å². The first-order valence-electron chi connectivity index (χ1n) is 12.1. The van der Waals surface area contributed by atoms with Crippen molar-refractivity contribution in [1.29, 1.82) is 0 Å². The number of fused-ring (bicyclic) bond motifs is 2. The molecule has 0 fully saturated rings. The zero-order valence-corrected chi connectivity index (χ0v) is 21.4. The first-order valence-corrected chi connectivity index (χ1v) is 12.5. The number of phenolic OH excluding ortho intramolecular Hbond substituents is 1. The molecule has 5 rings (SSSR count). The maximum atomic E-state index is 13.4. The van der Waals surface area contributed by atoms with E-state index in [4.69, 9.17) is 26.1 Å². The van der Waals surface area contributed by atoms with Gasteiger partial charge in [-0.15, -0.1) is 0 Å². The first kappa shape index (κ1) is 25.3. The molecular weight excluding hydrogens is 504 g/mol. The quantitative estimate of drug-likeness (QED) is 0.286. The molecule has 0 atom stereocenters. The summed E-state index contributed by atoms with van der Waals surface area (Å²) in [6.45, 7) is -0.454. The first-order chi connectivity index (χ1) is 18.4. The molecule has 0 aliphatic heterocycles. The van der Waals surface area contributed by atoms with Crippen molar-refractivity contribution in [3.8, 4) is 11.5 Å². The molecule has 192 valence electrons. The van der Waals surface area contributed by atoms with Crippen molar-refractivity contribution in [3.63, 3.8) is 0 Å². The van der Waals surface area contributed by atoms with Crippen LogP contribution in [0.4, 0.5) is 5.69 Å². The van der Waals surface area contributed by atoms with E-state index in [9.17, 15) is 14.7 Å². The zero-order chi connectivity index (χ0) is 26.6. The van der Waals surface area contributed by atoms with Crippen molar-refractivity contribution in [2.45, 2.75) is 19.3 Å². The highest BCUT2D eigenvalue weighted by Crippen LogP contribution is 2.36. The summed E-state index contributed by atoms with van der Waals surface area (Å²) < 4.78 is 10.6. The summed E-state index contributed by atoms with van der Waals surface area (Å²) in [7, 11) is 1.51. The van der Waals surface area contributed by atoms with E-state index in [1.165, 1.54) is 7.11 Å². The molecule has 4 aromatic rings. The topological polar surface area (TPSA) is 97.8 Å². The van der Waals surface area contributed by atoms with Gasteiger partial charge in [-0.3, -0.25) is 4.79 Å². The van der Waals surface area contributed by atoms with Crippen LogP contribution in [-0.2, 0) is 16.0 Å². The van der Waals surface area contributed by atoms with E-state index in [0.29, 0.717) is 39.3 Å². The summed E-state index contributed by atoms with van der Waals surface area (Å²) in [4.78, 5) is 30.9. The Bertz CT molecular complexity index is 1560. The fourth-order valence-corrected chi connectivity index (χ4v) is 4.88. The third-order valence-corrected chi connectivity index (χ3v) is 6.67. The second-order valence-electron chi connectivity index (χ2n) is 8.92. The minimum atomic E-state index is -0.575. The Balaban J connectivity index is 1.42. The van der Waals surface area contributed by atoms with Crippen LogP contribution in [0.5, 0.6) is 11.5 Å². The number of esters is 1. The van der Waals surface area contributed by atoms with E-state index in [2.05, 4.69) is 5.32 Å². The van der Waals surface area contributed by atoms with Gasteiger partial charge < -0.3 is 19.9 Å². The van der Waals surface area contributed by atoms with E-state index < -0.39 is 18.5 Å². The predicted octanol–water partition coefficient (Wildman–Crippen LogP) is 6.27. The smallest absolute Gasteiger partial charge is 0.339 e. The molecule has 1 aliphatic rings. The molecule has 0 unspecified atom stereocenters. The lowest BCUT2D eigenvalue weighted by Gasteiger charge is -2.22. The lowest BCUT2D eigenvalue weighted by atomic mass is 9.86. The van der Waals surface area contributed by atoms with E-state index in [-0.39, 0.29) is 5.75 Å². The van der Waals surface area contributed by atoms with Gasteiger partial charge in [0.15, 0.2) is 6.61 Å². The number of phenols is 1. The van der Waals surface area contributed by atoms with Gasteiger partial charge in [0, 0.05) is 11.1 Å². The number of hydrogen-bond donors (Lipinski definition) is 2. The number of ether oxygens (including phenoxy) is 2. The van der Waals surface area contributed by atoms with Crippen LogP contribution in [-0.4, -0.2) is 35.7 Å². The van der Waals surface area contributed by atoms with Gasteiger partial charge in [0.25, 0.3) is 5.91 Å². The van der Waals surface area contributed by atoms with Crippen LogP contribution in [0.3, 0.4) is 0 Å². The lowest BCUT2D eigenvalue weighted by Crippen LogP contribution is -2.22. The average molecular weight is 529 g/mol. The molecule has 3 aromatic carbocycles. The van der Waals surface area contributed by atoms with Gasteiger partial charge >= 0.3 is 5.97 Å². The Labute approximate surface area is 224 Å². The maximum absolute atomic E-state index is 13.4. The van der Waals surface area contributed by atoms with Crippen LogP contribution in [0.25, 0.3) is 22.6 Å². The number of nitrogens with one attached hydrogen (secondary N) is 1. The standard InChI is InChI=1S/C30H25ClN2O5/c1-37-26-14-11-20(16-24(26)31)32-27(35)17-38-30(36)28-22-6-2-3-8-25(22)33-29-19(5-4-7-23(28)29)15-18-9-12-21(34)13-10-18/h2-3,6,8-16,34H,4-5,7,17H2,1H3,(H,32,35)/b19-15-. The summed E-state index contributed by atoms with van der Waals surface area (Å²) in [5.41, 5.74) is 5.08. The van der Waals surface area contributed by atoms with E-state index in [1.807, 2.05) is 42.5 Å². The number of pyridine rings is 1. The number of benzene rings is 3. The minimum Gasteiger partial charge on any atom is -0.508 e. The molecule has 1 aromatic heterocycles. The number of anilines is 1. The SMILES string of the molecule is COc1ccc(NC(=O)COC(=O)c2c3c(nc4ccccc24)/C(=C\c2ccc(O)cc2)CCC3)cc1Cl. The number of carbonyl (C=O) groups is 2. The van der Waals surface area contributed by atoms with Gasteiger partial charge in [-0.1, -0.05) is 41.9 Å². The van der Waals surface area contributed by atoms with Crippen molar-refractivity contribution in [2.24, 2.45) is 0 Å². The third-order valence-electron chi connectivity index (χ3n) is 6.38. The number of allylic oxidation sites excluding steroid dienone is 1. The van der Waals surface area contributed by atoms with E-state index in [1.54, 1.807) is 30.3 Å². The molecular formula is C30H25ClN2O5. The molecule has 1 aliphatic carbocycles. The van der Waals surface area contributed by atoms with Crippen molar-refractivity contribution >= 4 is 51.7 Å². The molecule has 8 heteroatoms.